The molecule has 1 saturated heterocycles. The molecule has 2 aromatic carbocycles. The van der Waals surface area contributed by atoms with E-state index >= 15 is 0 Å². The fourth-order valence-electron chi connectivity index (χ4n) is 2.71. The van der Waals surface area contributed by atoms with Gasteiger partial charge in [-0.2, -0.15) is 0 Å². The minimum atomic E-state index is -0.546. The van der Waals surface area contributed by atoms with Crippen molar-refractivity contribution < 1.29 is 18.1 Å². The first-order chi connectivity index (χ1) is 11.7. The van der Waals surface area contributed by atoms with Crippen LogP contribution in [-0.4, -0.2) is 18.3 Å². The van der Waals surface area contributed by atoms with Gasteiger partial charge in [-0.15, -0.1) is 0 Å². The van der Waals surface area contributed by atoms with Crippen LogP contribution in [0.25, 0.3) is 5.57 Å². The van der Waals surface area contributed by atoms with Crippen LogP contribution in [0.4, 0.5) is 8.78 Å². The molecule has 1 aliphatic rings. The van der Waals surface area contributed by atoms with Gasteiger partial charge in [-0.1, -0.05) is 24.3 Å². The van der Waals surface area contributed by atoms with E-state index in [2.05, 4.69) is 0 Å². The molecule has 2 aromatic rings. The molecule has 25 heavy (non-hydrogen) atoms. The maximum Gasteiger partial charge on any atom is 0.487 e. The van der Waals surface area contributed by atoms with Crippen molar-refractivity contribution in [1.29, 1.82) is 0 Å². The molecule has 0 saturated carbocycles. The summed E-state index contributed by atoms with van der Waals surface area (Å²) in [5, 5.41) is 0. The standard InChI is InChI=1S/C20H21BF2O2/c1-19(2)20(3,4)25-21(24-19)13-18(14-5-9-16(22)10-6-14)15-7-11-17(23)12-8-15/h5-13H,1-4H3. The number of halogens is 2. The molecule has 0 N–H and O–H groups in total. The maximum absolute atomic E-state index is 13.3. The zero-order chi connectivity index (χ0) is 18.2. The summed E-state index contributed by atoms with van der Waals surface area (Å²) >= 11 is 0. The van der Waals surface area contributed by atoms with E-state index < -0.39 is 18.3 Å². The van der Waals surface area contributed by atoms with E-state index in [1.54, 1.807) is 24.3 Å². The average molecular weight is 342 g/mol. The molecule has 0 aliphatic carbocycles. The highest BCUT2D eigenvalue weighted by molar-refractivity contribution is 6.53. The number of hydrogen-bond donors (Lipinski definition) is 0. The Bertz CT molecular complexity index is 717. The molecule has 1 aliphatic heterocycles. The lowest BCUT2D eigenvalue weighted by atomic mass is 9.82. The van der Waals surface area contributed by atoms with Gasteiger partial charge in [0.2, 0.25) is 0 Å². The van der Waals surface area contributed by atoms with Crippen molar-refractivity contribution in [2.45, 2.75) is 38.9 Å². The van der Waals surface area contributed by atoms with Crippen LogP contribution in [0.1, 0.15) is 38.8 Å². The molecule has 0 bridgehead atoms. The number of rotatable bonds is 3. The molecule has 3 rings (SSSR count). The van der Waals surface area contributed by atoms with Gasteiger partial charge in [0.15, 0.2) is 0 Å². The third kappa shape index (κ3) is 3.67. The molecule has 130 valence electrons. The Morgan fingerprint density at radius 3 is 1.48 bits per heavy atom. The van der Waals surface area contributed by atoms with Gasteiger partial charge in [0, 0.05) is 0 Å². The highest BCUT2D eigenvalue weighted by Gasteiger charge is 2.50. The van der Waals surface area contributed by atoms with Gasteiger partial charge in [-0.25, -0.2) is 8.78 Å². The summed E-state index contributed by atoms with van der Waals surface area (Å²) in [6.45, 7) is 7.93. The zero-order valence-corrected chi connectivity index (χ0v) is 14.8. The molecule has 0 amide bonds. The summed E-state index contributed by atoms with van der Waals surface area (Å²) in [6.07, 6.45) is 0. The third-order valence-corrected chi connectivity index (χ3v) is 4.88. The Morgan fingerprint density at radius 2 is 1.12 bits per heavy atom. The van der Waals surface area contributed by atoms with E-state index in [0.29, 0.717) is 0 Å². The molecule has 0 aromatic heterocycles. The lowest BCUT2D eigenvalue weighted by Gasteiger charge is -2.32. The topological polar surface area (TPSA) is 18.5 Å². The van der Waals surface area contributed by atoms with Gasteiger partial charge in [0.1, 0.15) is 11.6 Å². The summed E-state index contributed by atoms with van der Waals surface area (Å²) in [6, 6.07) is 12.4. The van der Waals surface area contributed by atoms with Gasteiger partial charge in [-0.05, 0) is 74.6 Å². The van der Waals surface area contributed by atoms with E-state index in [9.17, 15) is 8.78 Å². The molecule has 1 fully saturated rings. The van der Waals surface area contributed by atoms with E-state index in [0.717, 1.165) is 16.7 Å². The first kappa shape index (κ1) is 17.8. The summed E-state index contributed by atoms with van der Waals surface area (Å²) in [4.78, 5) is 0. The Labute approximate surface area is 147 Å². The minimum absolute atomic E-state index is 0.308. The lowest BCUT2D eigenvalue weighted by Crippen LogP contribution is -2.41. The normalized spacial score (nSPS) is 18.2. The van der Waals surface area contributed by atoms with Crippen LogP contribution in [0.2, 0.25) is 0 Å². The molecular formula is C20H21BF2O2. The number of benzene rings is 2. The summed E-state index contributed by atoms with van der Waals surface area (Å²) in [5.74, 6) is 1.24. The van der Waals surface area contributed by atoms with Crippen molar-refractivity contribution in [2.24, 2.45) is 0 Å². The van der Waals surface area contributed by atoms with Gasteiger partial charge in [0.25, 0.3) is 0 Å². The molecule has 2 nitrogen and oxygen atoms in total. The van der Waals surface area contributed by atoms with Gasteiger partial charge < -0.3 is 9.31 Å². The monoisotopic (exact) mass is 342 g/mol. The quantitative estimate of drug-likeness (QED) is 0.729. The van der Waals surface area contributed by atoms with Crippen LogP contribution in [0.5, 0.6) is 0 Å². The van der Waals surface area contributed by atoms with Gasteiger partial charge in [-0.3, -0.25) is 0 Å². The predicted molar refractivity (Wildman–Crippen MR) is 96.0 cm³/mol. The largest absolute Gasteiger partial charge is 0.487 e. The average Bonchev–Trinajstić information content (AvgIpc) is 2.74. The fourth-order valence-corrected chi connectivity index (χ4v) is 2.71. The lowest BCUT2D eigenvalue weighted by molar-refractivity contribution is 0.00578. The predicted octanol–water partition coefficient (Wildman–Crippen LogP) is 5.03. The minimum Gasteiger partial charge on any atom is -0.400 e. The fraction of sp³-hybridized carbons (Fsp3) is 0.300. The molecular weight excluding hydrogens is 321 g/mol. The summed E-state index contributed by atoms with van der Waals surface area (Å²) < 4.78 is 38.7. The molecule has 0 unspecified atom stereocenters. The Balaban J connectivity index is 2.02. The Kier molecular flexibility index (Phi) is 4.56. The van der Waals surface area contributed by atoms with Crippen LogP contribution < -0.4 is 0 Å². The zero-order valence-electron chi connectivity index (χ0n) is 14.8. The van der Waals surface area contributed by atoms with Gasteiger partial charge in [0.05, 0.1) is 11.2 Å². The first-order valence-corrected chi connectivity index (χ1v) is 8.27. The maximum atomic E-state index is 13.3. The molecule has 1 heterocycles. The molecule has 0 radical (unpaired) electrons. The van der Waals surface area contributed by atoms with Crippen molar-refractivity contribution in [3.8, 4) is 0 Å². The SMILES string of the molecule is CC1(C)OB(C=C(c2ccc(F)cc2)c2ccc(F)cc2)OC1(C)C. The highest BCUT2D eigenvalue weighted by atomic mass is 19.1. The van der Waals surface area contributed by atoms with Crippen LogP contribution in [0, 0.1) is 11.6 Å². The Morgan fingerprint density at radius 1 is 0.760 bits per heavy atom. The molecule has 0 spiro atoms. The van der Waals surface area contributed by atoms with Gasteiger partial charge >= 0.3 is 7.12 Å². The summed E-state index contributed by atoms with van der Waals surface area (Å²) in [7, 11) is -0.546. The smallest absolute Gasteiger partial charge is 0.400 e. The first-order valence-electron chi connectivity index (χ1n) is 8.27. The highest BCUT2D eigenvalue weighted by Crippen LogP contribution is 2.38. The molecule has 5 heteroatoms. The van der Waals surface area contributed by atoms with Crippen molar-refractivity contribution >= 4 is 12.7 Å². The van der Waals surface area contributed by atoms with Crippen LogP contribution >= 0.6 is 0 Å². The van der Waals surface area contributed by atoms with E-state index in [1.807, 2.05) is 33.7 Å². The van der Waals surface area contributed by atoms with Crippen molar-refractivity contribution in [1.82, 2.24) is 0 Å². The van der Waals surface area contributed by atoms with Crippen LogP contribution in [0.15, 0.2) is 54.5 Å². The second-order valence-electron chi connectivity index (χ2n) is 7.22. The second-order valence-corrected chi connectivity index (χ2v) is 7.22. The van der Waals surface area contributed by atoms with E-state index in [4.69, 9.17) is 9.31 Å². The van der Waals surface area contributed by atoms with Crippen molar-refractivity contribution in [3.05, 3.63) is 77.3 Å². The van der Waals surface area contributed by atoms with E-state index in [1.165, 1.54) is 24.3 Å². The Hall–Kier alpha value is -1.98. The molecule has 0 atom stereocenters. The van der Waals surface area contributed by atoms with Crippen LogP contribution in [-0.2, 0) is 9.31 Å². The number of hydrogen-bond acceptors (Lipinski definition) is 2. The third-order valence-electron chi connectivity index (χ3n) is 4.88. The van der Waals surface area contributed by atoms with Crippen LogP contribution in [0.3, 0.4) is 0 Å². The van der Waals surface area contributed by atoms with Crippen molar-refractivity contribution in [3.63, 3.8) is 0 Å². The summed E-state index contributed by atoms with van der Waals surface area (Å²) in [5.41, 5.74) is 1.51. The van der Waals surface area contributed by atoms with E-state index in [-0.39, 0.29) is 11.6 Å². The second kappa shape index (κ2) is 6.39. The van der Waals surface area contributed by atoms with Crippen molar-refractivity contribution in [2.75, 3.05) is 0 Å².